The fraction of sp³-hybridized carbons (Fsp3) is 0.400. The van der Waals surface area contributed by atoms with E-state index in [1.807, 2.05) is 0 Å². The highest BCUT2D eigenvalue weighted by molar-refractivity contribution is 6.29. The van der Waals surface area contributed by atoms with Gasteiger partial charge in [-0.2, -0.15) is 0 Å². The van der Waals surface area contributed by atoms with Gasteiger partial charge in [0.2, 0.25) is 0 Å². The quantitative estimate of drug-likeness (QED) is 0.645. The second-order valence-corrected chi connectivity index (χ2v) is 4.24. The van der Waals surface area contributed by atoms with Crippen LogP contribution in [0.3, 0.4) is 0 Å². The van der Waals surface area contributed by atoms with Gasteiger partial charge in [-0.15, -0.1) is 0 Å². The normalized spacial score (nSPS) is 24.1. The highest BCUT2D eigenvalue weighted by Gasteiger charge is 2.32. The van der Waals surface area contributed by atoms with Crippen molar-refractivity contribution >= 4 is 23.4 Å². The average Bonchev–Trinajstić information content (AvgIpc) is 2.58. The fourth-order valence-electron chi connectivity index (χ4n) is 1.78. The number of aliphatic hydroxyl groups is 2. The molecule has 1 aliphatic heterocycles. The van der Waals surface area contributed by atoms with Crippen LogP contribution < -0.4 is 4.90 Å². The van der Waals surface area contributed by atoms with Crippen molar-refractivity contribution in [1.29, 1.82) is 0 Å². The van der Waals surface area contributed by atoms with E-state index < -0.39 is 18.2 Å². The van der Waals surface area contributed by atoms with Crippen molar-refractivity contribution < 1.29 is 20.1 Å². The lowest BCUT2D eigenvalue weighted by Crippen LogP contribution is -2.24. The summed E-state index contributed by atoms with van der Waals surface area (Å²) in [5.74, 6) is -0.958. The molecule has 1 aromatic heterocycles. The minimum absolute atomic E-state index is 0.00398. The number of carboxylic acid groups (broad SMARTS) is 1. The smallest absolute Gasteiger partial charge is 0.339 e. The standard InChI is InChI=1S/C10H11ClN2O4/c11-8-2-1-5(10(16)17)9(12-8)13-3-6(14)7(15)4-13/h1-2,6-7,14-15H,3-4H2,(H,16,17). The SMILES string of the molecule is O=C(O)c1ccc(Cl)nc1N1CC(O)C(O)C1. The molecular weight excluding hydrogens is 248 g/mol. The molecule has 0 aromatic carbocycles. The molecule has 2 atom stereocenters. The number of nitrogens with zero attached hydrogens (tertiary/aromatic N) is 2. The zero-order valence-electron chi connectivity index (χ0n) is 8.75. The van der Waals surface area contributed by atoms with E-state index in [4.69, 9.17) is 16.7 Å². The largest absolute Gasteiger partial charge is 0.478 e. The van der Waals surface area contributed by atoms with E-state index in [0.717, 1.165) is 0 Å². The first-order valence-electron chi connectivity index (χ1n) is 5.00. The van der Waals surface area contributed by atoms with Gasteiger partial charge in [-0.3, -0.25) is 0 Å². The first-order chi connectivity index (χ1) is 7.99. The Hall–Kier alpha value is -1.37. The van der Waals surface area contributed by atoms with Gasteiger partial charge in [-0.05, 0) is 12.1 Å². The van der Waals surface area contributed by atoms with Crippen molar-refractivity contribution in [3.8, 4) is 0 Å². The van der Waals surface area contributed by atoms with Crippen LogP contribution in [-0.4, -0.2) is 51.6 Å². The number of halogens is 1. The van der Waals surface area contributed by atoms with Crippen molar-refractivity contribution in [2.75, 3.05) is 18.0 Å². The summed E-state index contributed by atoms with van der Waals surface area (Å²) in [7, 11) is 0. The molecule has 0 radical (unpaired) electrons. The van der Waals surface area contributed by atoms with Gasteiger partial charge in [0.15, 0.2) is 0 Å². The Morgan fingerprint density at radius 3 is 2.47 bits per heavy atom. The van der Waals surface area contributed by atoms with Crippen LogP contribution in [0.2, 0.25) is 5.15 Å². The summed E-state index contributed by atoms with van der Waals surface area (Å²) >= 11 is 5.72. The number of anilines is 1. The van der Waals surface area contributed by atoms with Gasteiger partial charge in [0, 0.05) is 13.1 Å². The second-order valence-electron chi connectivity index (χ2n) is 3.85. The maximum absolute atomic E-state index is 11.0. The molecule has 7 heteroatoms. The number of hydrogen-bond donors (Lipinski definition) is 3. The number of aliphatic hydroxyl groups excluding tert-OH is 2. The molecule has 1 saturated heterocycles. The Morgan fingerprint density at radius 1 is 1.35 bits per heavy atom. The first kappa shape index (κ1) is 12.1. The minimum atomic E-state index is -1.12. The van der Waals surface area contributed by atoms with E-state index in [0.29, 0.717) is 0 Å². The molecule has 1 aromatic rings. The number of hydrogen-bond acceptors (Lipinski definition) is 5. The summed E-state index contributed by atoms with van der Waals surface area (Å²) in [4.78, 5) is 16.5. The predicted molar refractivity (Wildman–Crippen MR) is 60.4 cm³/mol. The average molecular weight is 259 g/mol. The van der Waals surface area contributed by atoms with Gasteiger partial charge in [0.05, 0.1) is 12.2 Å². The van der Waals surface area contributed by atoms with Crippen molar-refractivity contribution in [3.05, 3.63) is 22.8 Å². The molecule has 17 heavy (non-hydrogen) atoms. The summed E-state index contributed by atoms with van der Waals surface area (Å²) in [5.41, 5.74) is -0.00398. The molecule has 0 bridgehead atoms. The van der Waals surface area contributed by atoms with Gasteiger partial charge in [-0.25, -0.2) is 9.78 Å². The lowest BCUT2D eigenvalue weighted by Gasteiger charge is -2.18. The lowest BCUT2D eigenvalue weighted by atomic mass is 10.2. The summed E-state index contributed by atoms with van der Waals surface area (Å²) in [6, 6.07) is 2.74. The van der Waals surface area contributed by atoms with Crippen molar-refractivity contribution in [3.63, 3.8) is 0 Å². The zero-order valence-corrected chi connectivity index (χ0v) is 9.50. The van der Waals surface area contributed by atoms with E-state index in [1.54, 1.807) is 0 Å². The minimum Gasteiger partial charge on any atom is -0.478 e. The van der Waals surface area contributed by atoms with Crippen molar-refractivity contribution in [1.82, 2.24) is 4.98 Å². The molecule has 3 N–H and O–H groups in total. The molecule has 1 fully saturated rings. The maximum Gasteiger partial charge on any atom is 0.339 e. The Morgan fingerprint density at radius 2 is 1.94 bits per heavy atom. The van der Waals surface area contributed by atoms with Crippen LogP contribution >= 0.6 is 11.6 Å². The molecule has 0 amide bonds. The molecule has 2 rings (SSSR count). The van der Waals surface area contributed by atoms with Crippen LogP contribution in [0.25, 0.3) is 0 Å². The molecule has 6 nitrogen and oxygen atoms in total. The van der Waals surface area contributed by atoms with Gasteiger partial charge in [0.1, 0.15) is 16.5 Å². The number of β-amino-alcohol motifs (C(OH)–C–C–N with tert-alkyl or cyclic N) is 2. The zero-order chi connectivity index (χ0) is 12.6. The highest BCUT2D eigenvalue weighted by atomic mass is 35.5. The van der Waals surface area contributed by atoms with E-state index in [1.165, 1.54) is 17.0 Å². The van der Waals surface area contributed by atoms with E-state index in [9.17, 15) is 15.0 Å². The molecule has 0 saturated carbocycles. The van der Waals surface area contributed by atoms with Gasteiger partial charge >= 0.3 is 5.97 Å². The summed E-state index contributed by atoms with van der Waals surface area (Å²) in [6.07, 6.45) is -1.81. The van der Waals surface area contributed by atoms with E-state index in [2.05, 4.69) is 4.98 Å². The number of pyridine rings is 1. The van der Waals surface area contributed by atoms with Crippen LogP contribution in [0, 0.1) is 0 Å². The summed E-state index contributed by atoms with van der Waals surface area (Å²) < 4.78 is 0. The number of carbonyl (C=O) groups is 1. The predicted octanol–water partition coefficient (Wildman–Crippen LogP) is -0.0250. The van der Waals surface area contributed by atoms with Crippen LogP contribution in [0.4, 0.5) is 5.82 Å². The Balaban J connectivity index is 2.37. The highest BCUT2D eigenvalue weighted by Crippen LogP contribution is 2.24. The molecule has 1 aliphatic rings. The molecular formula is C10H11ClN2O4. The van der Waals surface area contributed by atoms with Crippen LogP contribution in [0.15, 0.2) is 12.1 Å². The third kappa shape index (κ3) is 2.33. The molecule has 2 unspecified atom stereocenters. The third-order valence-electron chi connectivity index (χ3n) is 2.63. The number of aromatic nitrogens is 1. The van der Waals surface area contributed by atoms with Gasteiger partial charge in [0.25, 0.3) is 0 Å². The Labute approximate surface area is 102 Å². The molecule has 0 aliphatic carbocycles. The monoisotopic (exact) mass is 258 g/mol. The van der Waals surface area contributed by atoms with Gasteiger partial charge < -0.3 is 20.2 Å². The topological polar surface area (TPSA) is 93.9 Å². The lowest BCUT2D eigenvalue weighted by molar-refractivity contribution is 0.0572. The number of rotatable bonds is 2. The fourth-order valence-corrected chi connectivity index (χ4v) is 1.92. The number of aromatic carboxylic acids is 1. The van der Waals surface area contributed by atoms with E-state index in [-0.39, 0.29) is 29.6 Å². The second kappa shape index (κ2) is 4.48. The first-order valence-corrected chi connectivity index (χ1v) is 5.37. The van der Waals surface area contributed by atoms with Crippen LogP contribution in [0.1, 0.15) is 10.4 Å². The Kier molecular flexibility index (Phi) is 3.19. The summed E-state index contributed by atoms with van der Waals surface area (Å²) in [5, 5.41) is 28.0. The van der Waals surface area contributed by atoms with Crippen molar-refractivity contribution in [2.24, 2.45) is 0 Å². The maximum atomic E-state index is 11.0. The van der Waals surface area contributed by atoms with Crippen LogP contribution in [0.5, 0.6) is 0 Å². The molecule has 0 spiro atoms. The third-order valence-corrected chi connectivity index (χ3v) is 2.84. The van der Waals surface area contributed by atoms with Gasteiger partial charge in [-0.1, -0.05) is 11.6 Å². The van der Waals surface area contributed by atoms with E-state index >= 15 is 0 Å². The Bertz CT molecular complexity index is 444. The number of carboxylic acids is 1. The summed E-state index contributed by atoms with van der Waals surface area (Å²) in [6.45, 7) is 0.267. The van der Waals surface area contributed by atoms with Crippen molar-refractivity contribution in [2.45, 2.75) is 12.2 Å². The molecule has 92 valence electrons. The van der Waals surface area contributed by atoms with Crippen LogP contribution in [-0.2, 0) is 0 Å². The molecule has 2 heterocycles.